The number of hydrogen-bond donors (Lipinski definition) is 2. The Bertz CT molecular complexity index is 1200. The quantitative estimate of drug-likeness (QED) is 0.604. The van der Waals surface area contributed by atoms with Crippen LogP contribution in [-0.4, -0.2) is 24.5 Å². The lowest BCUT2D eigenvalue weighted by Gasteiger charge is -2.26. The van der Waals surface area contributed by atoms with E-state index < -0.39 is 15.6 Å². The van der Waals surface area contributed by atoms with Gasteiger partial charge in [0, 0.05) is 12.5 Å². The summed E-state index contributed by atoms with van der Waals surface area (Å²) in [6.45, 7) is 3.54. The lowest BCUT2D eigenvalue weighted by Crippen LogP contribution is -2.44. The summed E-state index contributed by atoms with van der Waals surface area (Å²) >= 11 is 0. The number of nitrogens with one attached hydrogen (secondary N) is 2. The largest absolute Gasteiger partial charge is 0.340 e. The van der Waals surface area contributed by atoms with Crippen molar-refractivity contribution in [3.8, 4) is 0 Å². The van der Waals surface area contributed by atoms with Gasteiger partial charge in [-0.2, -0.15) is 4.98 Å². The highest BCUT2D eigenvalue weighted by atomic mass is 32.2. The minimum atomic E-state index is -3.77. The smallest absolute Gasteiger partial charge is 0.261 e. The van der Waals surface area contributed by atoms with Crippen LogP contribution in [0.1, 0.15) is 53.3 Å². The van der Waals surface area contributed by atoms with Crippen LogP contribution >= 0.6 is 0 Å². The van der Waals surface area contributed by atoms with Crippen LogP contribution in [0.4, 0.5) is 5.69 Å². The van der Waals surface area contributed by atoms with Crippen molar-refractivity contribution in [2.75, 3.05) is 4.72 Å². The maximum Gasteiger partial charge on any atom is 0.261 e. The van der Waals surface area contributed by atoms with Gasteiger partial charge in [0.25, 0.3) is 15.9 Å². The molecule has 0 saturated heterocycles. The molecule has 3 aromatic rings. The first-order chi connectivity index (χ1) is 14.8. The predicted octanol–water partition coefficient (Wildman–Crippen LogP) is 3.69. The summed E-state index contributed by atoms with van der Waals surface area (Å²) in [5.41, 5.74) is 1.04. The molecule has 1 heterocycles. The molecule has 0 radical (unpaired) electrons. The van der Waals surface area contributed by atoms with E-state index in [1.165, 1.54) is 24.3 Å². The fourth-order valence-corrected chi connectivity index (χ4v) is 4.97. The number of anilines is 1. The van der Waals surface area contributed by atoms with Gasteiger partial charge in [-0.15, -0.1) is 0 Å². The van der Waals surface area contributed by atoms with Gasteiger partial charge in [0.2, 0.25) is 5.89 Å². The summed E-state index contributed by atoms with van der Waals surface area (Å²) in [5.74, 6) is 0.629. The molecule has 1 fully saturated rings. The van der Waals surface area contributed by atoms with Gasteiger partial charge in [-0.25, -0.2) is 8.42 Å². The molecule has 1 aromatic heterocycles. The number of amides is 1. The number of aromatic nitrogens is 2. The van der Waals surface area contributed by atoms with Gasteiger partial charge >= 0.3 is 0 Å². The van der Waals surface area contributed by atoms with E-state index >= 15 is 0 Å². The molecule has 0 bridgehead atoms. The van der Waals surface area contributed by atoms with Crippen LogP contribution in [0.5, 0.6) is 0 Å². The third kappa shape index (κ3) is 4.32. The van der Waals surface area contributed by atoms with Gasteiger partial charge in [-0.3, -0.25) is 9.52 Å². The van der Waals surface area contributed by atoms with Crippen molar-refractivity contribution < 1.29 is 17.7 Å². The van der Waals surface area contributed by atoms with E-state index in [0.29, 0.717) is 23.0 Å². The van der Waals surface area contributed by atoms with Crippen LogP contribution in [0.3, 0.4) is 0 Å². The van der Waals surface area contributed by atoms with E-state index in [4.69, 9.17) is 4.52 Å². The van der Waals surface area contributed by atoms with Crippen molar-refractivity contribution in [3.63, 3.8) is 0 Å². The van der Waals surface area contributed by atoms with E-state index in [0.717, 1.165) is 31.2 Å². The van der Waals surface area contributed by atoms with Crippen LogP contribution in [0.25, 0.3) is 0 Å². The summed E-state index contributed by atoms with van der Waals surface area (Å²) in [5, 5.41) is 7.08. The highest BCUT2D eigenvalue weighted by Gasteiger charge is 2.41. The Labute approximate surface area is 181 Å². The summed E-state index contributed by atoms with van der Waals surface area (Å²) in [4.78, 5) is 17.3. The molecular weight excluding hydrogens is 416 g/mol. The Hall–Kier alpha value is -3.20. The molecule has 1 saturated carbocycles. The number of carbonyl (C=O) groups is 1. The van der Waals surface area contributed by atoms with Gasteiger partial charge in [0.15, 0.2) is 5.82 Å². The maximum atomic E-state index is 12.9. The number of aryl methyl sites for hydroxylation is 2. The Balaban J connectivity index is 1.52. The molecule has 0 aliphatic heterocycles. The molecule has 0 spiro atoms. The van der Waals surface area contributed by atoms with E-state index in [1.54, 1.807) is 19.1 Å². The van der Waals surface area contributed by atoms with E-state index in [2.05, 4.69) is 20.2 Å². The first kappa shape index (κ1) is 21.0. The minimum Gasteiger partial charge on any atom is -0.340 e. The average molecular weight is 441 g/mol. The minimum absolute atomic E-state index is 0.0803. The summed E-state index contributed by atoms with van der Waals surface area (Å²) in [6.07, 6.45) is 3.36. The Morgan fingerprint density at radius 3 is 2.32 bits per heavy atom. The number of hydrogen-bond acceptors (Lipinski definition) is 6. The molecule has 31 heavy (non-hydrogen) atoms. The Morgan fingerprint density at radius 2 is 1.71 bits per heavy atom. The molecule has 8 nitrogen and oxygen atoms in total. The van der Waals surface area contributed by atoms with Crippen LogP contribution < -0.4 is 10.0 Å². The van der Waals surface area contributed by atoms with Crippen LogP contribution in [0.2, 0.25) is 0 Å². The van der Waals surface area contributed by atoms with Gasteiger partial charge in [0.05, 0.1) is 10.6 Å². The molecule has 0 atom stereocenters. The van der Waals surface area contributed by atoms with Crippen molar-refractivity contribution in [2.24, 2.45) is 0 Å². The standard InChI is InChI=1S/C22H24N4O4S/c1-15-7-3-4-8-19(15)26-31(28,29)18-11-9-17(10-12-18)20(27)24-22(13-5-6-14-22)21-23-16(2)30-25-21/h3-4,7-12,26H,5-6,13-14H2,1-2H3,(H,24,27). The fourth-order valence-electron chi connectivity index (χ4n) is 3.84. The third-order valence-corrected chi connectivity index (χ3v) is 6.96. The topological polar surface area (TPSA) is 114 Å². The zero-order valence-electron chi connectivity index (χ0n) is 17.4. The maximum absolute atomic E-state index is 12.9. The summed E-state index contributed by atoms with van der Waals surface area (Å²) < 4.78 is 33.1. The number of benzene rings is 2. The van der Waals surface area contributed by atoms with Crippen molar-refractivity contribution in [3.05, 3.63) is 71.4 Å². The van der Waals surface area contributed by atoms with Crippen molar-refractivity contribution in [1.29, 1.82) is 0 Å². The first-order valence-corrected chi connectivity index (χ1v) is 11.6. The molecule has 2 aromatic carbocycles. The summed E-state index contributed by atoms with van der Waals surface area (Å²) in [7, 11) is -3.77. The molecule has 1 amide bonds. The second kappa shape index (κ2) is 8.14. The second-order valence-corrected chi connectivity index (χ2v) is 9.51. The Morgan fingerprint density at radius 1 is 1.03 bits per heavy atom. The zero-order chi connectivity index (χ0) is 22.1. The number of sulfonamides is 1. The molecule has 0 unspecified atom stereocenters. The number of nitrogens with zero attached hydrogens (tertiary/aromatic N) is 2. The normalized spacial score (nSPS) is 15.5. The molecule has 9 heteroatoms. The lowest BCUT2D eigenvalue weighted by atomic mass is 9.96. The van der Waals surface area contributed by atoms with Gasteiger partial charge in [0.1, 0.15) is 5.54 Å². The molecule has 162 valence electrons. The SMILES string of the molecule is Cc1nc(C2(NC(=O)c3ccc(S(=O)(=O)Nc4ccccc4C)cc3)CCCC2)no1. The molecular formula is C22H24N4O4S. The highest BCUT2D eigenvalue weighted by molar-refractivity contribution is 7.92. The molecule has 4 rings (SSSR count). The summed E-state index contributed by atoms with van der Waals surface area (Å²) in [6, 6.07) is 13.0. The fraction of sp³-hybridized carbons (Fsp3) is 0.318. The number of para-hydroxylation sites is 1. The van der Waals surface area contributed by atoms with Gasteiger partial charge < -0.3 is 9.84 Å². The van der Waals surface area contributed by atoms with Crippen molar-refractivity contribution >= 4 is 21.6 Å². The van der Waals surface area contributed by atoms with Crippen molar-refractivity contribution in [1.82, 2.24) is 15.5 Å². The van der Waals surface area contributed by atoms with Crippen LogP contribution in [-0.2, 0) is 15.6 Å². The van der Waals surface area contributed by atoms with Gasteiger partial charge in [-0.1, -0.05) is 36.2 Å². The van der Waals surface area contributed by atoms with E-state index in [1.807, 2.05) is 19.1 Å². The predicted molar refractivity (Wildman–Crippen MR) is 115 cm³/mol. The molecule has 1 aliphatic rings. The molecule has 2 N–H and O–H groups in total. The average Bonchev–Trinajstić information content (AvgIpc) is 3.40. The van der Waals surface area contributed by atoms with E-state index in [9.17, 15) is 13.2 Å². The first-order valence-electron chi connectivity index (χ1n) is 10.1. The Kier molecular flexibility index (Phi) is 5.53. The second-order valence-electron chi connectivity index (χ2n) is 7.83. The molecule has 1 aliphatic carbocycles. The monoisotopic (exact) mass is 440 g/mol. The zero-order valence-corrected chi connectivity index (χ0v) is 18.2. The lowest BCUT2D eigenvalue weighted by molar-refractivity contribution is 0.0892. The van der Waals surface area contributed by atoms with Crippen LogP contribution in [0.15, 0.2) is 57.9 Å². The number of carbonyl (C=O) groups excluding carboxylic acids is 1. The van der Waals surface area contributed by atoms with E-state index in [-0.39, 0.29) is 10.8 Å². The number of rotatable bonds is 6. The van der Waals surface area contributed by atoms with Gasteiger partial charge in [-0.05, 0) is 55.7 Å². The van der Waals surface area contributed by atoms with Crippen molar-refractivity contribution in [2.45, 2.75) is 50.0 Å². The third-order valence-electron chi connectivity index (χ3n) is 5.58. The highest BCUT2D eigenvalue weighted by Crippen LogP contribution is 2.37. The van der Waals surface area contributed by atoms with Crippen LogP contribution in [0, 0.1) is 13.8 Å².